The highest BCUT2D eigenvalue weighted by atomic mass is 32.2. The van der Waals surface area contributed by atoms with Gasteiger partial charge in [0.2, 0.25) is 10.0 Å². The first-order valence-electron chi connectivity index (χ1n) is 7.84. The summed E-state index contributed by atoms with van der Waals surface area (Å²) in [5, 5.41) is 4.94. The van der Waals surface area contributed by atoms with E-state index in [2.05, 4.69) is 5.32 Å². The average molecular weight is 329 g/mol. The molecule has 21 heavy (non-hydrogen) atoms. The Balaban J connectivity index is 1.80. The van der Waals surface area contributed by atoms with Gasteiger partial charge in [-0.05, 0) is 43.2 Å². The molecule has 1 saturated heterocycles. The standard InChI is InChI=1S/C15H24N2O2S2/c1-16-10-14-15(7-9-20-14)21(18,19)17-8-6-12-4-2-3-5-13(12)11-17/h7,9,12-13,16H,2-6,8,10-11H2,1H3. The Morgan fingerprint density at radius 2 is 2.05 bits per heavy atom. The van der Waals surface area contributed by atoms with Crippen LogP contribution in [0.1, 0.15) is 37.0 Å². The Hall–Kier alpha value is -0.430. The van der Waals surface area contributed by atoms with Gasteiger partial charge in [-0.1, -0.05) is 19.3 Å². The second kappa shape index (κ2) is 6.36. The van der Waals surface area contributed by atoms with E-state index < -0.39 is 10.0 Å². The molecule has 0 aromatic carbocycles. The monoisotopic (exact) mass is 328 g/mol. The number of sulfonamides is 1. The SMILES string of the molecule is CNCc1sccc1S(=O)(=O)N1CCC2CCCCC2C1. The Morgan fingerprint density at radius 1 is 1.29 bits per heavy atom. The minimum Gasteiger partial charge on any atom is -0.315 e. The molecule has 4 nitrogen and oxygen atoms in total. The minimum atomic E-state index is -3.32. The Morgan fingerprint density at radius 3 is 2.81 bits per heavy atom. The van der Waals surface area contributed by atoms with Crippen molar-refractivity contribution in [1.29, 1.82) is 0 Å². The fourth-order valence-corrected chi connectivity index (χ4v) is 6.71. The predicted molar refractivity (Wildman–Crippen MR) is 85.9 cm³/mol. The molecule has 2 atom stereocenters. The lowest BCUT2D eigenvalue weighted by atomic mass is 9.76. The van der Waals surface area contributed by atoms with Crippen molar-refractivity contribution >= 4 is 21.4 Å². The quantitative estimate of drug-likeness (QED) is 0.924. The lowest BCUT2D eigenvalue weighted by Crippen LogP contribution is -2.44. The van der Waals surface area contributed by atoms with Crippen molar-refractivity contribution in [2.45, 2.75) is 43.5 Å². The zero-order chi connectivity index (χ0) is 14.9. The summed E-state index contributed by atoms with van der Waals surface area (Å²) in [6.07, 6.45) is 6.12. The van der Waals surface area contributed by atoms with E-state index in [4.69, 9.17) is 0 Å². The Labute approximate surface area is 131 Å². The van der Waals surface area contributed by atoms with Crippen LogP contribution in [0.25, 0.3) is 0 Å². The van der Waals surface area contributed by atoms with Gasteiger partial charge < -0.3 is 5.32 Å². The smallest absolute Gasteiger partial charge is 0.244 e. The van der Waals surface area contributed by atoms with Crippen LogP contribution in [0.2, 0.25) is 0 Å². The number of nitrogens with zero attached hydrogens (tertiary/aromatic N) is 1. The molecule has 6 heteroatoms. The molecular weight excluding hydrogens is 304 g/mol. The zero-order valence-electron chi connectivity index (χ0n) is 12.5. The summed E-state index contributed by atoms with van der Waals surface area (Å²) in [6, 6.07) is 1.76. The van der Waals surface area contributed by atoms with Crippen molar-refractivity contribution in [2.75, 3.05) is 20.1 Å². The van der Waals surface area contributed by atoms with Crippen molar-refractivity contribution in [1.82, 2.24) is 9.62 Å². The van der Waals surface area contributed by atoms with Gasteiger partial charge >= 0.3 is 0 Å². The van der Waals surface area contributed by atoms with Gasteiger partial charge in [-0.15, -0.1) is 11.3 Å². The summed E-state index contributed by atoms with van der Waals surface area (Å²) in [7, 11) is -1.47. The van der Waals surface area contributed by atoms with Crippen LogP contribution in [0.15, 0.2) is 16.3 Å². The molecule has 0 spiro atoms. The van der Waals surface area contributed by atoms with Crippen molar-refractivity contribution in [3.05, 3.63) is 16.3 Å². The van der Waals surface area contributed by atoms with Gasteiger partial charge in [0.1, 0.15) is 0 Å². The lowest BCUT2D eigenvalue weighted by Gasteiger charge is -2.40. The number of hydrogen-bond acceptors (Lipinski definition) is 4. The van der Waals surface area contributed by atoms with Crippen LogP contribution in [0, 0.1) is 11.8 Å². The van der Waals surface area contributed by atoms with Gasteiger partial charge in [-0.2, -0.15) is 4.31 Å². The van der Waals surface area contributed by atoms with Crippen molar-refractivity contribution in [3.8, 4) is 0 Å². The highest BCUT2D eigenvalue weighted by molar-refractivity contribution is 7.89. The molecule has 1 aromatic rings. The van der Waals surface area contributed by atoms with E-state index in [1.165, 1.54) is 37.0 Å². The van der Waals surface area contributed by atoms with Gasteiger partial charge in [0.15, 0.2) is 0 Å². The van der Waals surface area contributed by atoms with Gasteiger partial charge in [0, 0.05) is 24.5 Å². The van der Waals surface area contributed by atoms with Crippen LogP contribution >= 0.6 is 11.3 Å². The number of piperidine rings is 1. The molecule has 2 unspecified atom stereocenters. The highest BCUT2D eigenvalue weighted by Crippen LogP contribution is 2.38. The molecule has 3 rings (SSSR count). The molecule has 1 saturated carbocycles. The lowest BCUT2D eigenvalue weighted by molar-refractivity contribution is 0.136. The third kappa shape index (κ3) is 3.04. The second-order valence-corrected chi connectivity index (χ2v) is 9.10. The largest absolute Gasteiger partial charge is 0.315 e. The zero-order valence-corrected chi connectivity index (χ0v) is 14.2. The summed E-state index contributed by atoms with van der Waals surface area (Å²) >= 11 is 1.52. The van der Waals surface area contributed by atoms with E-state index in [9.17, 15) is 8.42 Å². The highest BCUT2D eigenvalue weighted by Gasteiger charge is 2.37. The summed E-state index contributed by atoms with van der Waals surface area (Å²) in [5.41, 5.74) is 0. The molecule has 0 radical (unpaired) electrons. The third-order valence-corrected chi connectivity index (χ3v) is 7.91. The van der Waals surface area contributed by atoms with Crippen LogP contribution in [0.5, 0.6) is 0 Å². The van der Waals surface area contributed by atoms with Crippen molar-refractivity contribution in [3.63, 3.8) is 0 Å². The van der Waals surface area contributed by atoms with Crippen LogP contribution in [-0.4, -0.2) is 32.9 Å². The molecule has 0 bridgehead atoms. The maximum atomic E-state index is 12.9. The van der Waals surface area contributed by atoms with E-state index >= 15 is 0 Å². The number of rotatable bonds is 4. The maximum Gasteiger partial charge on any atom is 0.244 e. The van der Waals surface area contributed by atoms with Gasteiger partial charge in [-0.25, -0.2) is 8.42 Å². The fourth-order valence-electron chi connectivity index (χ4n) is 3.77. The molecule has 118 valence electrons. The molecule has 2 heterocycles. The predicted octanol–water partition coefficient (Wildman–Crippen LogP) is 2.67. The van der Waals surface area contributed by atoms with Gasteiger partial charge in [0.05, 0.1) is 4.90 Å². The number of fused-ring (bicyclic) bond motifs is 1. The maximum absolute atomic E-state index is 12.9. The van der Waals surface area contributed by atoms with E-state index in [1.54, 1.807) is 10.4 Å². The molecular formula is C15H24N2O2S2. The number of nitrogens with one attached hydrogen (secondary N) is 1. The topological polar surface area (TPSA) is 49.4 Å². The van der Waals surface area contributed by atoms with Crippen molar-refractivity contribution < 1.29 is 8.42 Å². The third-order valence-electron chi connectivity index (χ3n) is 4.91. The summed E-state index contributed by atoms with van der Waals surface area (Å²) in [6.45, 7) is 2.03. The van der Waals surface area contributed by atoms with Crippen LogP contribution < -0.4 is 5.32 Å². The Kier molecular flexibility index (Phi) is 4.69. The van der Waals surface area contributed by atoms with Gasteiger partial charge in [-0.3, -0.25) is 0 Å². The first-order valence-corrected chi connectivity index (χ1v) is 10.2. The molecule has 1 aromatic heterocycles. The van der Waals surface area contributed by atoms with Crippen LogP contribution in [0.3, 0.4) is 0 Å². The minimum absolute atomic E-state index is 0.510. The first-order chi connectivity index (χ1) is 10.1. The molecule has 2 fully saturated rings. The fraction of sp³-hybridized carbons (Fsp3) is 0.733. The van der Waals surface area contributed by atoms with E-state index in [1.807, 2.05) is 12.4 Å². The Bertz CT molecular complexity index is 582. The molecule has 0 amide bonds. The van der Waals surface area contributed by atoms with Crippen molar-refractivity contribution in [2.24, 2.45) is 11.8 Å². The molecule has 1 N–H and O–H groups in total. The van der Waals surface area contributed by atoms with E-state index in [0.717, 1.165) is 23.8 Å². The average Bonchev–Trinajstić information content (AvgIpc) is 2.96. The molecule has 2 aliphatic rings. The molecule has 1 aliphatic heterocycles. The second-order valence-electron chi connectivity index (χ2n) is 6.19. The van der Waals surface area contributed by atoms with Gasteiger partial charge in [0.25, 0.3) is 0 Å². The molecule has 1 aliphatic carbocycles. The number of thiophene rings is 1. The van der Waals surface area contributed by atoms with E-state index in [0.29, 0.717) is 23.9 Å². The number of hydrogen-bond donors (Lipinski definition) is 1. The summed E-state index contributed by atoms with van der Waals surface area (Å²) in [5.74, 6) is 1.33. The summed E-state index contributed by atoms with van der Waals surface area (Å²) in [4.78, 5) is 1.43. The van der Waals surface area contributed by atoms with E-state index in [-0.39, 0.29) is 0 Å². The first kappa shape index (κ1) is 15.5. The normalized spacial score (nSPS) is 27.5. The van der Waals surface area contributed by atoms with Crippen LogP contribution in [0.4, 0.5) is 0 Å². The van der Waals surface area contributed by atoms with Crippen LogP contribution in [-0.2, 0) is 16.6 Å². The summed E-state index contributed by atoms with van der Waals surface area (Å²) < 4.78 is 27.6.